The standard InChI is InChI=1S/C26H33F2N7.H2/c1-19-10-23(30-26-29-18-35(31-26)25-13-21(27)12-22(28)14-25)15-24(11-19)34-8-6-33(7-9-34)17-20-4-3-5-32(2)16-20;/h10-15,18,20H,3-9,16-17H2,1-2H3,(H,30,31);1H. The molecule has 1 N–H and O–H groups in total. The first kappa shape index (κ1) is 23.7. The van der Waals surface area contributed by atoms with Crippen LogP contribution in [0.5, 0.6) is 0 Å². The number of benzene rings is 2. The molecule has 0 radical (unpaired) electrons. The van der Waals surface area contributed by atoms with E-state index in [1.807, 2.05) is 6.07 Å². The van der Waals surface area contributed by atoms with Crippen LogP contribution in [0.2, 0.25) is 0 Å². The van der Waals surface area contributed by atoms with Crippen LogP contribution in [0.3, 0.4) is 0 Å². The van der Waals surface area contributed by atoms with Crippen LogP contribution in [0.4, 0.5) is 26.1 Å². The van der Waals surface area contributed by atoms with E-state index in [4.69, 9.17) is 0 Å². The van der Waals surface area contributed by atoms with Crippen molar-refractivity contribution in [1.29, 1.82) is 0 Å². The van der Waals surface area contributed by atoms with Gasteiger partial charge in [-0.2, -0.15) is 4.98 Å². The van der Waals surface area contributed by atoms with E-state index in [1.165, 1.54) is 61.3 Å². The maximum absolute atomic E-state index is 13.6. The molecular formula is C26H35F2N7. The number of hydrogen-bond donors (Lipinski definition) is 1. The molecule has 2 saturated heterocycles. The van der Waals surface area contributed by atoms with E-state index in [9.17, 15) is 8.78 Å². The Labute approximate surface area is 206 Å². The second kappa shape index (κ2) is 10.3. The fourth-order valence-corrected chi connectivity index (χ4v) is 5.24. The lowest BCUT2D eigenvalue weighted by molar-refractivity contribution is 0.147. The second-order valence-corrected chi connectivity index (χ2v) is 9.88. The number of aromatic nitrogens is 3. The molecule has 5 rings (SSSR count). The Morgan fingerprint density at radius 1 is 0.971 bits per heavy atom. The average Bonchev–Trinajstić information content (AvgIpc) is 3.27. The molecule has 0 amide bonds. The number of halogens is 2. The summed E-state index contributed by atoms with van der Waals surface area (Å²) in [5, 5.41) is 7.58. The zero-order valence-electron chi connectivity index (χ0n) is 20.4. The second-order valence-electron chi connectivity index (χ2n) is 9.88. The Morgan fingerprint density at radius 2 is 1.74 bits per heavy atom. The fourth-order valence-electron chi connectivity index (χ4n) is 5.24. The van der Waals surface area contributed by atoms with Gasteiger partial charge in [0.05, 0.1) is 5.69 Å². The summed E-state index contributed by atoms with van der Waals surface area (Å²) in [6.45, 7) is 9.87. The van der Waals surface area contributed by atoms with Crippen molar-refractivity contribution in [2.24, 2.45) is 5.92 Å². The predicted octanol–water partition coefficient (Wildman–Crippen LogP) is 4.31. The van der Waals surface area contributed by atoms with Gasteiger partial charge in [0.15, 0.2) is 0 Å². The maximum Gasteiger partial charge on any atom is 0.246 e. The van der Waals surface area contributed by atoms with Crippen LogP contribution in [0.25, 0.3) is 5.69 Å². The summed E-state index contributed by atoms with van der Waals surface area (Å²) < 4.78 is 28.5. The van der Waals surface area contributed by atoms with Crippen molar-refractivity contribution < 1.29 is 10.2 Å². The lowest BCUT2D eigenvalue weighted by Crippen LogP contribution is -2.49. The van der Waals surface area contributed by atoms with E-state index in [0.717, 1.165) is 49.4 Å². The summed E-state index contributed by atoms with van der Waals surface area (Å²) in [5.74, 6) is -0.154. The molecule has 3 heterocycles. The molecule has 0 bridgehead atoms. The highest BCUT2D eigenvalue weighted by Crippen LogP contribution is 2.26. The van der Waals surface area contributed by atoms with E-state index in [2.05, 4.69) is 56.2 Å². The Bertz CT molecular complexity index is 1140. The number of hydrogen-bond acceptors (Lipinski definition) is 6. The van der Waals surface area contributed by atoms with Gasteiger partial charge in [0, 0.05) is 58.1 Å². The highest BCUT2D eigenvalue weighted by Gasteiger charge is 2.23. The quantitative estimate of drug-likeness (QED) is 0.564. The van der Waals surface area contributed by atoms with Gasteiger partial charge in [-0.1, -0.05) is 0 Å². The Morgan fingerprint density at radius 3 is 2.49 bits per heavy atom. The van der Waals surface area contributed by atoms with Crippen LogP contribution in [-0.2, 0) is 0 Å². The largest absolute Gasteiger partial charge is 0.369 e. The van der Waals surface area contributed by atoms with Crippen molar-refractivity contribution >= 4 is 17.3 Å². The van der Waals surface area contributed by atoms with Gasteiger partial charge in [0.2, 0.25) is 5.95 Å². The summed E-state index contributed by atoms with van der Waals surface area (Å²) in [6, 6.07) is 9.64. The van der Waals surface area contributed by atoms with Gasteiger partial charge in [0.1, 0.15) is 18.0 Å². The first-order chi connectivity index (χ1) is 16.9. The molecule has 0 spiro atoms. The number of nitrogens with one attached hydrogen (secondary N) is 1. The normalized spacial score (nSPS) is 19.8. The predicted molar refractivity (Wildman–Crippen MR) is 137 cm³/mol. The fraction of sp³-hybridized carbons (Fsp3) is 0.462. The molecule has 35 heavy (non-hydrogen) atoms. The van der Waals surface area contributed by atoms with Crippen LogP contribution >= 0.6 is 0 Å². The summed E-state index contributed by atoms with van der Waals surface area (Å²) in [6.07, 6.45) is 4.10. The van der Waals surface area contributed by atoms with Gasteiger partial charge >= 0.3 is 0 Å². The van der Waals surface area contributed by atoms with Gasteiger partial charge in [-0.25, -0.2) is 13.5 Å². The molecule has 3 aromatic rings. The number of rotatable bonds is 6. The number of nitrogens with zero attached hydrogens (tertiary/aromatic N) is 6. The highest BCUT2D eigenvalue weighted by molar-refractivity contribution is 5.64. The van der Waals surface area contributed by atoms with Gasteiger partial charge in [-0.05, 0) is 75.2 Å². The zero-order chi connectivity index (χ0) is 24.4. The van der Waals surface area contributed by atoms with Crippen LogP contribution in [0, 0.1) is 24.5 Å². The molecule has 7 nitrogen and oxygen atoms in total. The molecule has 9 heteroatoms. The summed E-state index contributed by atoms with van der Waals surface area (Å²) in [7, 11) is 2.23. The van der Waals surface area contributed by atoms with E-state index < -0.39 is 11.6 Å². The lowest BCUT2D eigenvalue weighted by Gasteiger charge is -2.39. The van der Waals surface area contributed by atoms with Gasteiger partial charge < -0.3 is 15.1 Å². The van der Waals surface area contributed by atoms with Crippen LogP contribution < -0.4 is 10.2 Å². The van der Waals surface area contributed by atoms with Crippen molar-refractivity contribution in [3.05, 3.63) is 59.9 Å². The molecule has 1 atom stereocenters. The van der Waals surface area contributed by atoms with Crippen molar-refractivity contribution in [3.63, 3.8) is 0 Å². The molecule has 188 valence electrons. The van der Waals surface area contributed by atoms with Crippen LogP contribution in [0.15, 0.2) is 42.7 Å². The summed E-state index contributed by atoms with van der Waals surface area (Å²) in [5.41, 5.74) is 3.49. The third-order valence-electron chi connectivity index (χ3n) is 6.90. The number of likely N-dealkylation sites (tertiary alicyclic amines) is 1. The molecule has 0 aliphatic carbocycles. The number of anilines is 3. The van der Waals surface area contributed by atoms with E-state index in [0.29, 0.717) is 5.95 Å². The smallest absolute Gasteiger partial charge is 0.246 e. The summed E-state index contributed by atoms with van der Waals surface area (Å²) >= 11 is 0. The molecule has 2 aliphatic heterocycles. The van der Waals surface area contributed by atoms with Crippen molar-refractivity contribution in [3.8, 4) is 5.69 Å². The molecule has 2 fully saturated rings. The minimum absolute atomic E-state index is 0. The van der Waals surface area contributed by atoms with Gasteiger partial charge in [-0.3, -0.25) is 4.90 Å². The lowest BCUT2D eigenvalue weighted by atomic mass is 9.97. The molecule has 1 unspecified atom stereocenters. The minimum atomic E-state index is -0.653. The SMILES string of the molecule is Cc1cc(Nc2ncn(-c3cc(F)cc(F)c3)n2)cc(N2CCN(CC3CCCN(C)C3)CC2)c1.[HH]. The van der Waals surface area contributed by atoms with Crippen LogP contribution in [-0.4, -0.2) is 77.4 Å². The third kappa shape index (κ3) is 5.97. The van der Waals surface area contributed by atoms with E-state index in [1.54, 1.807) is 0 Å². The van der Waals surface area contributed by atoms with Crippen LogP contribution in [0.1, 0.15) is 19.8 Å². The average molecular weight is 484 g/mol. The first-order valence-corrected chi connectivity index (χ1v) is 12.3. The number of piperidine rings is 1. The van der Waals surface area contributed by atoms with Crippen molar-refractivity contribution in [1.82, 2.24) is 24.6 Å². The minimum Gasteiger partial charge on any atom is -0.369 e. The van der Waals surface area contributed by atoms with Gasteiger partial charge in [0.25, 0.3) is 0 Å². The zero-order valence-corrected chi connectivity index (χ0v) is 20.4. The number of piperazine rings is 1. The van der Waals surface area contributed by atoms with E-state index in [-0.39, 0.29) is 7.11 Å². The molecule has 2 aromatic carbocycles. The van der Waals surface area contributed by atoms with Crippen molar-refractivity contribution in [2.75, 3.05) is 63.1 Å². The Kier molecular flexibility index (Phi) is 6.97. The molecule has 1 aromatic heterocycles. The molecule has 2 aliphatic rings. The summed E-state index contributed by atoms with van der Waals surface area (Å²) in [4.78, 5) is 11.8. The third-order valence-corrected chi connectivity index (χ3v) is 6.90. The van der Waals surface area contributed by atoms with E-state index >= 15 is 0 Å². The molecule has 0 saturated carbocycles. The first-order valence-electron chi connectivity index (χ1n) is 12.3. The van der Waals surface area contributed by atoms with Gasteiger partial charge in [-0.15, -0.1) is 5.10 Å². The van der Waals surface area contributed by atoms with Crippen molar-refractivity contribution in [2.45, 2.75) is 19.8 Å². The number of aryl methyl sites for hydroxylation is 1. The topological polar surface area (TPSA) is 52.5 Å². The molecular weight excluding hydrogens is 448 g/mol. The highest BCUT2D eigenvalue weighted by atomic mass is 19.1. The monoisotopic (exact) mass is 483 g/mol. The Hall–Kier alpha value is -3.04. The maximum atomic E-state index is 13.6. The Balaban J connectivity index is 0.00000304.